The second-order valence-corrected chi connectivity index (χ2v) is 15.1. The number of piperazine rings is 1. The van der Waals surface area contributed by atoms with Crippen molar-refractivity contribution in [2.75, 3.05) is 58.9 Å². The van der Waals surface area contributed by atoms with E-state index in [1.807, 2.05) is 17.0 Å². The molecule has 11 heteroatoms. The second kappa shape index (κ2) is 15.0. The van der Waals surface area contributed by atoms with Crippen LogP contribution in [0.2, 0.25) is 0 Å². The van der Waals surface area contributed by atoms with Gasteiger partial charge < -0.3 is 14.7 Å². The molecule has 10 nitrogen and oxygen atoms in total. The van der Waals surface area contributed by atoms with Crippen molar-refractivity contribution in [1.29, 1.82) is 0 Å². The molecule has 2 aromatic carbocycles. The van der Waals surface area contributed by atoms with Crippen LogP contribution in [0.15, 0.2) is 47.3 Å². The zero-order valence-electron chi connectivity index (χ0n) is 29.0. The fraction of sp³-hybridized carbons (Fsp3) is 0.564. The molecule has 1 spiro atoms. The number of rotatable bonds is 7. The average molecular weight is 685 g/mol. The lowest BCUT2D eigenvalue weighted by Gasteiger charge is -2.47. The molecule has 3 aromatic rings. The SMILES string of the molecule is O=C(CC1CCCCC1)N1CCC2(CCN(CC(=O)N3CCN(C(=O)c4cc(Cc5n[nH]c(=O)c6ccccc56)ccc4F)CC3)CC2)CC1. The molecule has 1 saturated carbocycles. The van der Waals surface area contributed by atoms with Gasteiger partial charge in [0.15, 0.2) is 0 Å². The third kappa shape index (κ3) is 7.62. The van der Waals surface area contributed by atoms with E-state index in [1.54, 1.807) is 29.2 Å². The molecule has 0 bridgehead atoms. The maximum Gasteiger partial charge on any atom is 0.272 e. The summed E-state index contributed by atoms with van der Waals surface area (Å²) in [6.07, 6.45) is 11.6. The molecular weight excluding hydrogens is 635 g/mol. The summed E-state index contributed by atoms with van der Waals surface area (Å²) in [6.45, 7) is 5.42. The Balaban J connectivity index is 0.866. The number of piperidine rings is 2. The Labute approximate surface area is 293 Å². The number of hydrogen-bond acceptors (Lipinski definition) is 6. The first-order valence-corrected chi connectivity index (χ1v) is 18.6. The minimum atomic E-state index is -0.587. The summed E-state index contributed by atoms with van der Waals surface area (Å²) >= 11 is 0. The molecular formula is C39H49FN6O4. The topological polar surface area (TPSA) is 110 Å². The number of nitrogens with one attached hydrogen (secondary N) is 1. The number of nitrogens with zero attached hydrogens (tertiary/aromatic N) is 5. The van der Waals surface area contributed by atoms with E-state index in [0.29, 0.717) is 67.6 Å². The molecule has 4 heterocycles. The first kappa shape index (κ1) is 34.3. The number of hydrogen-bond donors (Lipinski definition) is 1. The van der Waals surface area contributed by atoms with Crippen LogP contribution in [0.4, 0.5) is 4.39 Å². The molecule has 3 aliphatic heterocycles. The molecule has 7 rings (SSSR count). The highest BCUT2D eigenvalue weighted by Crippen LogP contribution is 2.41. The maximum atomic E-state index is 15.0. The molecule has 50 heavy (non-hydrogen) atoms. The number of halogens is 1. The molecule has 266 valence electrons. The largest absolute Gasteiger partial charge is 0.343 e. The average Bonchev–Trinajstić information content (AvgIpc) is 3.15. The summed E-state index contributed by atoms with van der Waals surface area (Å²) in [7, 11) is 0. The summed E-state index contributed by atoms with van der Waals surface area (Å²) in [5, 5.41) is 8.00. The van der Waals surface area contributed by atoms with Crippen LogP contribution in [-0.4, -0.2) is 106 Å². The summed E-state index contributed by atoms with van der Waals surface area (Å²) in [5.74, 6) is 0.0287. The first-order chi connectivity index (χ1) is 24.3. The van der Waals surface area contributed by atoms with Crippen molar-refractivity contribution in [3.05, 3.63) is 75.5 Å². The van der Waals surface area contributed by atoms with Crippen LogP contribution in [0.3, 0.4) is 0 Å². The number of likely N-dealkylation sites (tertiary alicyclic amines) is 2. The summed E-state index contributed by atoms with van der Waals surface area (Å²) in [6, 6.07) is 11.7. The van der Waals surface area contributed by atoms with E-state index < -0.39 is 11.7 Å². The number of carbonyl (C=O) groups excluding carboxylic acids is 3. The van der Waals surface area contributed by atoms with Gasteiger partial charge in [-0.1, -0.05) is 43.5 Å². The van der Waals surface area contributed by atoms with Crippen molar-refractivity contribution in [3.63, 3.8) is 0 Å². The number of benzene rings is 2. The number of carbonyl (C=O) groups is 3. The van der Waals surface area contributed by atoms with Gasteiger partial charge in [0.05, 0.1) is 23.2 Å². The lowest BCUT2D eigenvalue weighted by Crippen LogP contribution is -2.54. The van der Waals surface area contributed by atoms with Crippen LogP contribution < -0.4 is 5.56 Å². The number of H-pyrrole nitrogens is 1. The van der Waals surface area contributed by atoms with Gasteiger partial charge in [0.2, 0.25) is 11.8 Å². The summed E-state index contributed by atoms with van der Waals surface area (Å²) in [4.78, 5) is 59.7. The Morgan fingerprint density at radius 2 is 1.42 bits per heavy atom. The third-order valence-corrected chi connectivity index (χ3v) is 12.0. The van der Waals surface area contributed by atoms with Gasteiger partial charge in [0.25, 0.3) is 11.5 Å². The molecule has 0 unspecified atom stereocenters. The van der Waals surface area contributed by atoms with Crippen molar-refractivity contribution < 1.29 is 18.8 Å². The first-order valence-electron chi connectivity index (χ1n) is 18.6. The molecule has 3 saturated heterocycles. The minimum Gasteiger partial charge on any atom is -0.343 e. The van der Waals surface area contributed by atoms with Crippen molar-refractivity contribution in [3.8, 4) is 0 Å². The number of fused-ring (bicyclic) bond motifs is 1. The van der Waals surface area contributed by atoms with Crippen molar-refractivity contribution >= 4 is 28.5 Å². The van der Waals surface area contributed by atoms with Gasteiger partial charge in [-0.05, 0) is 86.7 Å². The molecule has 1 aromatic heterocycles. The maximum absolute atomic E-state index is 15.0. The zero-order chi connectivity index (χ0) is 34.7. The smallest absolute Gasteiger partial charge is 0.272 e. The predicted octanol–water partition coefficient (Wildman–Crippen LogP) is 4.61. The molecule has 3 amide bonds. The molecule has 1 aliphatic carbocycles. The fourth-order valence-corrected chi connectivity index (χ4v) is 8.65. The van der Waals surface area contributed by atoms with Crippen LogP contribution in [0.5, 0.6) is 0 Å². The Kier molecular flexibility index (Phi) is 10.3. The quantitative estimate of drug-likeness (QED) is 0.390. The lowest BCUT2D eigenvalue weighted by atomic mass is 9.71. The Hall–Kier alpha value is -4.12. The summed E-state index contributed by atoms with van der Waals surface area (Å²) < 4.78 is 15.0. The lowest BCUT2D eigenvalue weighted by molar-refractivity contribution is -0.137. The molecule has 4 fully saturated rings. The molecule has 1 N–H and O–H groups in total. The van der Waals surface area contributed by atoms with E-state index in [2.05, 4.69) is 20.0 Å². The Morgan fingerprint density at radius 1 is 0.780 bits per heavy atom. The van der Waals surface area contributed by atoms with Gasteiger partial charge >= 0.3 is 0 Å². The third-order valence-electron chi connectivity index (χ3n) is 12.0. The van der Waals surface area contributed by atoms with E-state index in [4.69, 9.17) is 0 Å². The van der Waals surface area contributed by atoms with E-state index >= 15 is 0 Å². The standard InChI is InChI=1S/C39H49FN6O4/c40-33-11-10-29(25-34-30-8-4-5-9-31(30)37(49)42-41-34)24-32(33)38(50)46-22-20-45(21-23-46)36(48)27-43-16-12-39(13-17-43)14-18-44(19-15-39)35(47)26-28-6-2-1-3-7-28/h4-5,8-11,24,28H,1-3,6-7,12-23,25-27H2,(H,42,49). The van der Waals surface area contributed by atoms with Gasteiger partial charge in [-0.25, -0.2) is 9.49 Å². The van der Waals surface area contributed by atoms with Crippen molar-refractivity contribution in [1.82, 2.24) is 29.8 Å². The molecule has 0 radical (unpaired) electrons. The Bertz CT molecular complexity index is 1760. The number of aromatic amines is 1. The normalized spacial score (nSPS) is 20.4. The minimum absolute atomic E-state index is 0.00215. The summed E-state index contributed by atoms with van der Waals surface area (Å²) in [5.41, 5.74) is 1.36. The van der Waals surface area contributed by atoms with Crippen LogP contribution in [0.1, 0.15) is 85.8 Å². The molecule has 0 atom stereocenters. The number of amides is 3. The zero-order valence-corrected chi connectivity index (χ0v) is 29.0. The highest BCUT2D eigenvalue weighted by atomic mass is 19.1. The van der Waals surface area contributed by atoms with Crippen molar-refractivity contribution in [2.24, 2.45) is 11.3 Å². The van der Waals surface area contributed by atoms with Crippen LogP contribution >= 0.6 is 0 Å². The van der Waals surface area contributed by atoms with E-state index in [0.717, 1.165) is 63.7 Å². The van der Waals surface area contributed by atoms with E-state index in [-0.39, 0.29) is 22.4 Å². The van der Waals surface area contributed by atoms with Crippen LogP contribution in [0, 0.1) is 17.2 Å². The van der Waals surface area contributed by atoms with Gasteiger partial charge in [-0.15, -0.1) is 0 Å². The van der Waals surface area contributed by atoms with Crippen LogP contribution in [-0.2, 0) is 16.0 Å². The van der Waals surface area contributed by atoms with Gasteiger partial charge in [-0.2, -0.15) is 5.10 Å². The Morgan fingerprint density at radius 3 is 2.14 bits per heavy atom. The highest BCUT2D eigenvalue weighted by Gasteiger charge is 2.39. The fourth-order valence-electron chi connectivity index (χ4n) is 8.65. The number of aromatic nitrogens is 2. The van der Waals surface area contributed by atoms with Crippen LogP contribution in [0.25, 0.3) is 10.8 Å². The monoisotopic (exact) mass is 684 g/mol. The van der Waals surface area contributed by atoms with Crippen molar-refractivity contribution in [2.45, 2.75) is 70.6 Å². The van der Waals surface area contributed by atoms with Gasteiger partial charge in [-0.3, -0.25) is 24.1 Å². The van der Waals surface area contributed by atoms with Gasteiger partial charge in [0.1, 0.15) is 5.82 Å². The second-order valence-electron chi connectivity index (χ2n) is 15.1. The highest BCUT2D eigenvalue weighted by molar-refractivity contribution is 5.95. The van der Waals surface area contributed by atoms with Gasteiger partial charge in [0, 0.05) is 57.5 Å². The molecule has 4 aliphatic rings. The van der Waals surface area contributed by atoms with E-state index in [9.17, 15) is 23.6 Å². The van der Waals surface area contributed by atoms with E-state index in [1.165, 1.54) is 38.2 Å². The predicted molar refractivity (Wildman–Crippen MR) is 189 cm³/mol.